The van der Waals surface area contributed by atoms with Crippen LogP contribution >= 0.6 is 0 Å². The molecule has 3 unspecified atom stereocenters. The first-order valence-electron chi connectivity index (χ1n) is 5.08. The van der Waals surface area contributed by atoms with Crippen molar-refractivity contribution in [2.24, 2.45) is 23.0 Å². The fourth-order valence-electron chi connectivity index (χ4n) is 3.33. The first-order chi connectivity index (χ1) is 5.33. The number of hydrogen-bond acceptors (Lipinski definition) is 1. The minimum absolute atomic E-state index is 0.536. The molecule has 3 atom stereocenters. The van der Waals surface area contributed by atoms with Gasteiger partial charge in [0.25, 0.3) is 0 Å². The van der Waals surface area contributed by atoms with Crippen molar-refractivity contribution in [3.05, 3.63) is 0 Å². The van der Waals surface area contributed by atoms with E-state index >= 15 is 0 Å². The average molecular weight is 151 g/mol. The van der Waals surface area contributed by atoms with E-state index in [1.165, 1.54) is 43.9 Å². The fraction of sp³-hybridized carbons (Fsp3) is 1.00. The van der Waals surface area contributed by atoms with Crippen LogP contribution in [0.4, 0.5) is 0 Å². The molecular formula is C10H17N. The summed E-state index contributed by atoms with van der Waals surface area (Å²) in [5.41, 5.74) is 6.81. The predicted octanol–water partition coefficient (Wildman–Crippen LogP) is 1.91. The summed E-state index contributed by atoms with van der Waals surface area (Å²) in [7, 11) is 0. The van der Waals surface area contributed by atoms with Gasteiger partial charge in [0.2, 0.25) is 0 Å². The largest absolute Gasteiger partial charge is 0.328 e. The van der Waals surface area contributed by atoms with E-state index in [0.29, 0.717) is 6.04 Å². The zero-order valence-corrected chi connectivity index (χ0v) is 7.05. The van der Waals surface area contributed by atoms with Crippen LogP contribution in [0.5, 0.6) is 0 Å². The first kappa shape index (κ1) is 6.47. The van der Waals surface area contributed by atoms with Crippen molar-refractivity contribution < 1.29 is 0 Å². The second-order valence-corrected chi connectivity index (χ2v) is 4.87. The number of nitrogens with two attached hydrogens (primary N) is 1. The van der Waals surface area contributed by atoms with Gasteiger partial charge in [-0.1, -0.05) is 6.42 Å². The van der Waals surface area contributed by atoms with Crippen LogP contribution in [0.15, 0.2) is 0 Å². The highest BCUT2D eigenvalue weighted by atomic mass is 14.8. The Hall–Kier alpha value is -0.0400. The molecule has 3 rings (SSSR count). The summed E-state index contributed by atoms with van der Waals surface area (Å²) in [6.07, 6.45) is 8.55. The fourth-order valence-corrected chi connectivity index (χ4v) is 3.33. The standard InChI is InChI=1S/C10H17N/c11-7-2-1-4-10(5-3-7)8-6-9(8)10/h7-9H,1-6,11H2. The topological polar surface area (TPSA) is 26.0 Å². The van der Waals surface area contributed by atoms with Gasteiger partial charge in [0.1, 0.15) is 0 Å². The molecule has 0 aromatic heterocycles. The second-order valence-electron chi connectivity index (χ2n) is 4.87. The third-order valence-corrected chi connectivity index (χ3v) is 4.36. The smallest absolute Gasteiger partial charge is 0.00390 e. The molecule has 1 spiro atoms. The number of hydrogen-bond donors (Lipinski definition) is 1. The maximum atomic E-state index is 5.94. The van der Waals surface area contributed by atoms with Crippen molar-refractivity contribution in [1.29, 1.82) is 0 Å². The lowest BCUT2D eigenvalue weighted by molar-refractivity contribution is 0.315. The molecule has 3 aliphatic rings. The zero-order chi connectivity index (χ0) is 7.47. The highest BCUT2D eigenvalue weighted by Gasteiger charge is 2.74. The summed E-state index contributed by atoms with van der Waals surface area (Å²) in [5.74, 6) is 2.35. The molecule has 0 saturated heterocycles. The van der Waals surface area contributed by atoms with Gasteiger partial charge in [-0.25, -0.2) is 0 Å². The lowest BCUT2D eigenvalue weighted by Crippen LogP contribution is -2.18. The molecule has 0 radical (unpaired) electrons. The first-order valence-corrected chi connectivity index (χ1v) is 5.08. The Labute approximate surface area is 68.3 Å². The predicted molar refractivity (Wildman–Crippen MR) is 45.1 cm³/mol. The monoisotopic (exact) mass is 151 g/mol. The van der Waals surface area contributed by atoms with E-state index in [1.54, 1.807) is 6.42 Å². The van der Waals surface area contributed by atoms with Crippen LogP contribution in [-0.2, 0) is 0 Å². The lowest BCUT2D eigenvalue weighted by atomic mass is 9.86. The van der Waals surface area contributed by atoms with Gasteiger partial charge < -0.3 is 5.73 Å². The van der Waals surface area contributed by atoms with E-state index in [2.05, 4.69) is 0 Å². The molecule has 3 saturated carbocycles. The minimum atomic E-state index is 0.536. The molecular weight excluding hydrogens is 134 g/mol. The van der Waals surface area contributed by atoms with E-state index < -0.39 is 0 Å². The summed E-state index contributed by atoms with van der Waals surface area (Å²) in [6.45, 7) is 0. The van der Waals surface area contributed by atoms with E-state index in [9.17, 15) is 0 Å². The second kappa shape index (κ2) is 1.82. The third kappa shape index (κ3) is 0.752. The molecule has 2 N–H and O–H groups in total. The van der Waals surface area contributed by atoms with Crippen molar-refractivity contribution in [3.8, 4) is 0 Å². The van der Waals surface area contributed by atoms with Crippen LogP contribution in [0.3, 0.4) is 0 Å². The van der Waals surface area contributed by atoms with Crippen LogP contribution in [0.1, 0.15) is 38.5 Å². The quantitative estimate of drug-likeness (QED) is 0.562. The molecule has 11 heavy (non-hydrogen) atoms. The molecule has 0 amide bonds. The van der Waals surface area contributed by atoms with Crippen molar-refractivity contribution >= 4 is 0 Å². The Morgan fingerprint density at radius 1 is 1.09 bits per heavy atom. The number of fused-ring (bicyclic) bond motifs is 3. The van der Waals surface area contributed by atoms with Gasteiger partial charge in [-0.3, -0.25) is 0 Å². The molecule has 1 nitrogen and oxygen atoms in total. The van der Waals surface area contributed by atoms with E-state index in [-0.39, 0.29) is 0 Å². The average Bonchev–Trinajstić information content (AvgIpc) is 2.78. The van der Waals surface area contributed by atoms with Gasteiger partial charge in [0, 0.05) is 6.04 Å². The molecule has 1 heteroatoms. The van der Waals surface area contributed by atoms with Crippen LogP contribution < -0.4 is 5.73 Å². The van der Waals surface area contributed by atoms with Crippen molar-refractivity contribution in [1.82, 2.24) is 0 Å². The molecule has 0 aromatic carbocycles. The molecule has 0 aromatic rings. The van der Waals surface area contributed by atoms with E-state index in [1.807, 2.05) is 0 Å². The summed E-state index contributed by atoms with van der Waals surface area (Å²) in [5, 5.41) is 0. The zero-order valence-electron chi connectivity index (χ0n) is 7.05. The molecule has 3 aliphatic carbocycles. The molecule has 0 bridgehead atoms. The molecule has 3 fully saturated rings. The van der Waals surface area contributed by atoms with Gasteiger partial charge in [0.05, 0.1) is 0 Å². The SMILES string of the molecule is NC1CCCC2(CC1)C1CC12. The Morgan fingerprint density at radius 3 is 2.55 bits per heavy atom. The van der Waals surface area contributed by atoms with Crippen molar-refractivity contribution in [2.45, 2.75) is 44.6 Å². The summed E-state index contributed by atoms with van der Waals surface area (Å²) in [4.78, 5) is 0. The Balaban J connectivity index is 1.70. The Bertz CT molecular complexity index is 179. The molecule has 0 aliphatic heterocycles. The normalized spacial score (nSPS) is 60.3. The summed E-state index contributed by atoms with van der Waals surface area (Å²) >= 11 is 0. The van der Waals surface area contributed by atoms with Gasteiger partial charge in [0.15, 0.2) is 0 Å². The van der Waals surface area contributed by atoms with Crippen LogP contribution in [0, 0.1) is 17.3 Å². The Morgan fingerprint density at radius 2 is 1.91 bits per heavy atom. The summed E-state index contributed by atoms with van der Waals surface area (Å²) in [6, 6.07) is 0.536. The maximum Gasteiger partial charge on any atom is 0.00390 e. The van der Waals surface area contributed by atoms with Crippen LogP contribution in [0.25, 0.3) is 0 Å². The third-order valence-electron chi connectivity index (χ3n) is 4.36. The minimum Gasteiger partial charge on any atom is -0.328 e. The Kier molecular flexibility index (Phi) is 1.07. The lowest BCUT2D eigenvalue weighted by Gasteiger charge is -2.19. The molecule has 62 valence electrons. The van der Waals surface area contributed by atoms with Gasteiger partial charge in [-0.15, -0.1) is 0 Å². The highest BCUT2D eigenvalue weighted by Crippen LogP contribution is 2.81. The van der Waals surface area contributed by atoms with Crippen LogP contribution in [0.2, 0.25) is 0 Å². The van der Waals surface area contributed by atoms with Crippen LogP contribution in [-0.4, -0.2) is 6.04 Å². The molecule has 0 heterocycles. The number of rotatable bonds is 0. The van der Waals surface area contributed by atoms with Gasteiger partial charge >= 0.3 is 0 Å². The summed E-state index contributed by atoms with van der Waals surface area (Å²) < 4.78 is 0. The van der Waals surface area contributed by atoms with Crippen molar-refractivity contribution in [3.63, 3.8) is 0 Å². The van der Waals surface area contributed by atoms with E-state index in [0.717, 1.165) is 5.41 Å². The van der Waals surface area contributed by atoms with E-state index in [4.69, 9.17) is 5.73 Å². The van der Waals surface area contributed by atoms with Gasteiger partial charge in [-0.2, -0.15) is 0 Å². The maximum absolute atomic E-state index is 5.94. The van der Waals surface area contributed by atoms with Gasteiger partial charge in [-0.05, 0) is 49.4 Å². The highest BCUT2D eigenvalue weighted by molar-refractivity contribution is 5.23. The van der Waals surface area contributed by atoms with Crippen molar-refractivity contribution in [2.75, 3.05) is 0 Å².